The standard InChI is InChI=1S/C10H17N3O3/c1-12(6-8(14)5-10(15)16)7-9-11-3-4-13(9)2/h3-4,8,14H,5-7H2,1-2H3,(H,15,16). The molecule has 0 spiro atoms. The summed E-state index contributed by atoms with van der Waals surface area (Å²) in [6, 6.07) is 0. The van der Waals surface area contributed by atoms with E-state index < -0.39 is 12.1 Å². The number of carboxylic acid groups (broad SMARTS) is 1. The third-order valence-electron chi connectivity index (χ3n) is 2.26. The highest BCUT2D eigenvalue weighted by atomic mass is 16.4. The van der Waals surface area contributed by atoms with Crippen LogP contribution in [-0.4, -0.2) is 50.3 Å². The predicted octanol–water partition coefficient (Wildman–Crippen LogP) is -0.313. The summed E-state index contributed by atoms with van der Waals surface area (Å²) >= 11 is 0. The molecule has 1 atom stereocenters. The average Bonchev–Trinajstić information content (AvgIpc) is 2.49. The summed E-state index contributed by atoms with van der Waals surface area (Å²) in [4.78, 5) is 16.4. The minimum atomic E-state index is -0.988. The van der Waals surface area contributed by atoms with Gasteiger partial charge in [-0.2, -0.15) is 0 Å². The molecule has 0 aliphatic carbocycles. The monoisotopic (exact) mass is 227 g/mol. The first-order valence-corrected chi connectivity index (χ1v) is 5.03. The Kier molecular flexibility index (Phi) is 4.45. The van der Waals surface area contributed by atoms with Crippen molar-refractivity contribution in [1.29, 1.82) is 0 Å². The molecule has 0 radical (unpaired) electrons. The summed E-state index contributed by atoms with van der Waals surface area (Å²) in [6.45, 7) is 0.902. The lowest BCUT2D eigenvalue weighted by molar-refractivity contribution is -0.139. The molecule has 1 rings (SSSR count). The number of aromatic nitrogens is 2. The molecule has 1 aromatic heterocycles. The lowest BCUT2D eigenvalue weighted by Crippen LogP contribution is -2.31. The van der Waals surface area contributed by atoms with Crippen LogP contribution >= 0.6 is 0 Å². The van der Waals surface area contributed by atoms with E-state index in [1.807, 2.05) is 29.8 Å². The van der Waals surface area contributed by atoms with Crippen LogP contribution in [0.15, 0.2) is 12.4 Å². The molecule has 0 aliphatic heterocycles. The van der Waals surface area contributed by atoms with E-state index in [-0.39, 0.29) is 6.42 Å². The van der Waals surface area contributed by atoms with Crippen LogP contribution < -0.4 is 0 Å². The van der Waals surface area contributed by atoms with Crippen LogP contribution in [0.4, 0.5) is 0 Å². The second-order valence-corrected chi connectivity index (χ2v) is 3.90. The van der Waals surface area contributed by atoms with Crippen LogP contribution in [-0.2, 0) is 18.4 Å². The smallest absolute Gasteiger partial charge is 0.306 e. The number of hydrogen-bond donors (Lipinski definition) is 2. The molecule has 6 heteroatoms. The quantitative estimate of drug-likeness (QED) is 0.697. The first-order chi connectivity index (χ1) is 7.49. The summed E-state index contributed by atoms with van der Waals surface area (Å²) in [6.07, 6.45) is 2.47. The number of aliphatic hydroxyl groups excluding tert-OH is 1. The van der Waals surface area contributed by atoms with Crippen molar-refractivity contribution in [2.75, 3.05) is 13.6 Å². The van der Waals surface area contributed by atoms with Gasteiger partial charge in [-0.3, -0.25) is 9.69 Å². The summed E-state index contributed by atoms with van der Waals surface area (Å²) < 4.78 is 1.89. The fraction of sp³-hybridized carbons (Fsp3) is 0.600. The Morgan fingerprint density at radius 2 is 2.38 bits per heavy atom. The van der Waals surface area contributed by atoms with Gasteiger partial charge in [0.15, 0.2) is 0 Å². The van der Waals surface area contributed by atoms with Crippen molar-refractivity contribution in [3.63, 3.8) is 0 Å². The highest BCUT2D eigenvalue weighted by Gasteiger charge is 2.13. The fourth-order valence-electron chi connectivity index (χ4n) is 1.48. The lowest BCUT2D eigenvalue weighted by Gasteiger charge is -2.19. The van der Waals surface area contributed by atoms with Crippen molar-refractivity contribution in [3.8, 4) is 0 Å². The van der Waals surface area contributed by atoms with E-state index in [9.17, 15) is 9.90 Å². The zero-order valence-electron chi connectivity index (χ0n) is 9.50. The number of likely N-dealkylation sites (N-methyl/N-ethyl adjacent to an activating group) is 1. The Bertz CT molecular complexity index is 351. The summed E-state index contributed by atoms with van der Waals surface area (Å²) in [5.41, 5.74) is 0. The van der Waals surface area contributed by atoms with Crippen molar-refractivity contribution in [3.05, 3.63) is 18.2 Å². The maximum Gasteiger partial charge on any atom is 0.306 e. The van der Waals surface area contributed by atoms with Gasteiger partial charge in [0.1, 0.15) is 5.82 Å². The Morgan fingerprint density at radius 1 is 1.69 bits per heavy atom. The molecule has 0 fully saturated rings. The van der Waals surface area contributed by atoms with Gasteiger partial charge in [0, 0.05) is 26.0 Å². The maximum atomic E-state index is 10.4. The Labute approximate surface area is 94.1 Å². The second-order valence-electron chi connectivity index (χ2n) is 3.90. The first-order valence-electron chi connectivity index (χ1n) is 5.03. The predicted molar refractivity (Wildman–Crippen MR) is 57.8 cm³/mol. The maximum absolute atomic E-state index is 10.4. The van der Waals surface area contributed by atoms with Crippen molar-refractivity contribution >= 4 is 5.97 Å². The van der Waals surface area contributed by atoms with Gasteiger partial charge in [0.05, 0.1) is 19.1 Å². The zero-order valence-corrected chi connectivity index (χ0v) is 9.50. The number of rotatable bonds is 6. The fourth-order valence-corrected chi connectivity index (χ4v) is 1.48. The molecule has 0 aliphatic rings. The topological polar surface area (TPSA) is 78.6 Å². The largest absolute Gasteiger partial charge is 0.481 e. The second kappa shape index (κ2) is 5.62. The molecule has 0 aromatic carbocycles. The van der Waals surface area contributed by atoms with Gasteiger partial charge in [-0.1, -0.05) is 0 Å². The Hall–Kier alpha value is -1.40. The van der Waals surface area contributed by atoms with Crippen LogP contribution in [0.5, 0.6) is 0 Å². The zero-order chi connectivity index (χ0) is 12.1. The third-order valence-corrected chi connectivity index (χ3v) is 2.26. The van der Waals surface area contributed by atoms with Crippen molar-refractivity contribution < 1.29 is 15.0 Å². The van der Waals surface area contributed by atoms with Gasteiger partial charge in [-0.15, -0.1) is 0 Å². The normalized spacial score (nSPS) is 13.0. The number of nitrogens with zero attached hydrogens (tertiary/aromatic N) is 3. The minimum absolute atomic E-state index is 0.231. The SMILES string of the molecule is CN(Cc1nccn1C)CC(O)CC(=O)O. The third kappa shape index (κ3) is 4.00. The van der Waals surface area contributed by atoms with Gasteiger partial charge in [-0.05, 0) is 7.05 Å². The molecule has 0 saturated carbocycles. The molecule has 6 nitrogen and oxygen atoms in total. The molecule has 1 unspecified atom stereocenters. The van der Waals surface area contributed by atoms with Gasteiger partial charge in [-0.25, -0.2) is 4.98 Å². The number of aliphatic hydroxyl groups is 1. The molecule has 1 aromatic rings. The number of carboxylic acids is 1. The van der Waals surface area contributed by atoms with Crippen LogP contribution in [0, 0.1) is 0 Å². The molecule has 0 saturated heterocycles. The highest BCUT2D eigenvalue weighted by molar-refractivity contribution is 5.67. The van der Waals surface area contributed by atoms with Gasteiger partial charge in [0.25, 0.3) is 0 Å². The van der Waals surface area contributed by atoms with E-state index in [0.717, 1.165) is 5.82 Å². The molecule has 0 bridgehead atoms. The molecular formula is C10H17N3O3. The van der Waals surface area contributed by atoms with E-state index in [1.165, 1.54) is 0 Å². The van der Waals surface area contributed by atoms with Gasteiger partial charge < -0.3 is 14.8 Å². The van der Waals surface area contributed by atoms with Crippen molar-refractivity contribution in [2.24, 2.45) is 7.05 Å². The van der Waals surface area contributed by atoms with E-state index >= 15 is 0 Å². The summed E-state index contributed by atoms with van der Waals surface area (Å²) in [5.74, 6) is -0.108. The van der Waals surface area contributed by atoms with E-state index in [1.54, 1.807) is 6.20 Å². The average molecular weight is 227 g/mol. The van der Waals surface area contributed by atoms with Gasteiger partial charge >= 0.3 is 5.97 Å². The molecule has 90 valence electrons. The van der Waals surface area contributed by atoms with Gasteiger partial charge in [0.2, 0.25) is 0 Å². The molecular weight excluding hydrogens is 210 g/mol. The summed E-state index contributed by atoms with van der Waals surface area (Å²) in [5, 5.41) is 17.9. The number of hydrogen-bond acceptors (Lipinski definition) is 4. The van der Waals surface area contributed by atoms with Crippen molar-refractivity contribution in [1.82, 2.24) is 14.5 Å². The lowest BCUT2D eigenvalue weighted by atomic mass is 10.2. The number of aryl methyl sites for hydroxylation is 1. The Morgan fingerprint density at radius 3 is 2.88 bits per heavy atom. The van der Waals surface area contributed by atoms with Crippen LogP contribution in [0.3, 0.4) is 0 Å². The molecule has 1 heterocycles. The van der Waals surface area contributed by atoms with E-state index in [4.69, 9.17) is 5.11 Å². The minimum Gasteiger partial charge on any atom is -0.481 e. The van der Waals surface area contributed by atoms with E-state index in [2.05, 4.69) is 4.98 Å². The number of carbonyl (C=O) groups is 1. The number of aliphatic carboxylic acids is 1. The van der Waals surface area contributed by atoms with Crippen LogP contribution in [0.25, 0.3) is 0 Å². The molecule has 0 amide bonds. The van der Waals surface area contributed by atoms with Crippen LogP contribution in [0.2, 0.25) is 0 Å². The first kappa shape index (κ1) is 12.7. The molecule has 16 heavy (non-hydrogen) atoms. The number of imidazole rings is 1. The van der Waals surface area contributed by atoms with Crippen molar-refractivity contribution in [2.45, 2.75) is 19.1 Å². The van der Waals surface area contributed by atoms with E-state index in [0.29, 0.717) is 13.1 Å². The molecule has 2 N–H and O–H groups in total. The van der Waals surface area contributed by atoms with Crippen LogP contribution in [0.1, 0.15) is 12.2 Å². The summed E-state index contributed by atoms with van der Waals surface area (Å²) in [7, 11) is 3.71. The Balaban J connectivity index is 2.39. The highest BCUT2D eigenvalue weighted by Crippen LogP contribution is 2.01.